The highest BCUT2D eigenvalue weighted by Gasteiger charge is 2.26. The van der Waals surface area contributed by atoms with Crippen LogP contribution in [0.1, 0.15) is 45.1 Å². The number of carbonyl (C=O) groups is 1. The predicted octanol–water partition coefficient (Wildman–Crippen LogP) is 2.54. The number of rotatable bonds is 9. The van der Waals surface area contributed by atoms with E-state index in [9.17, 15) is 13.2 Å². The molecule has 1 aliphatic heterocycles. The third kappa shape index (κ3) is 5.53. The van der Waals surface area contributed by atoms with Crippen LogP contribution in [0.2, 0.25) is 0 Å². The van der Waals surface area contributed by atoms with E-state index in [0.29, 0.717) is 32.8 Å². The highest BCUT2D eigenvalue weighted by Crippen LogP contribution is 2.18. The van der Waals surface area contributed by atoms with E-state index >= 15 is 0 Å². The summed E-state index contributed by atoms with van der Waals surface area (Å²) in [5, 5.41) is 2.97. The first kappa shape index (κ1) is 20.9. The maximum absolute atomic E-state index is 12.6. The summed E-state index contributed by atoms with van der Waals surface area (Å²) in [6.45, 7) is 6.20. The van der Waals surface area contributed by atoms with Crippen LogP contribution in [0.3, 0.4) is 0 Å². The van der Waals surface area contributed by atoms with Crippen molar-refractivity contribution in [2.75, 3.05) is 26.3 Å². The second kappa shape index (κ2) is 10.0. The van der Waals surface area contributed by atoms with Crippen molar-refractivity contribution in [1.82, 2.24) is 9.62 Å². The van der Waals surface area contributed by atoms with Gasteiger partial charge >= 0.3 is 0 Å². The summed E-state index contributed by atoms with van der Waals surface area (Å²) in [5.41, 5.74) is 0.893. The molecule has 146 valence electrons. The number of nitrogens with one attached hydrogen (secondary N) is 1. The van der Waals surface area contributed by atoms with E-state index in [4.69, 9.17) is 4.74 Å². The molecule has 2 rings (SSSR count). The molecule has 0 spiro atoms. The zero-order valence-electron chi connectivity index (χ0n) is 15.7. The van der Waals surface area contributed by atoms with E-state index in [1.807, 2.05) is 6.92 Å². The van der Waals surface area contributed by atoms with E-state index in [0.717, 1.165) is 31.2 Å². The first-order chi connectivity index (χ1) is 12.5. The van der Waals surface area contributed by atoms with Gasteiger partial charge in [0.05, 0.1) is 18.1 Å². The second-order valence-electron chi connectivity index (χ2n) is 6.63. The lowest BCUT2D eigenvalue weighted by atomic mass is 9.98. The third-order valence-corrected chi connectivity index (χ3v) is 6.68. The molecule has 1 saturated heterocycles. The van der Waals surface area contributed by atoms with Crippen LogP contribution in [0, 0.1) is 5.92 Å². The molecule has 7 heteroatoms. The van der Waals surface area contributed by atoms with Gasteiger partial charge in [0.2, 0.25) is 15.9 Å². The number of carbonyl (C=O) groups excluding carboxylic acids is 1. The van der Waals surface area contributed by atoms with Gasteiger partial charge in [-0.1, -0.05) is 38.8 Å². The summed E-state index contributed by atoms with van der Waals surface area (Å²) >= 11 is 0. The molecule has 0 radical (unpaired) electrons. The van der Waals surface area contributed by atoms with E-state index in [-0.39, 0.29) is 16.7 Å². The molecule has 1 amide bonds. The predicted molar refractivity (Wildman–Crippen MR) is 101 cm³/mol. The number of morpholine rings is 1. The first-order valence-electron chi connectivity index (χ1n) is 9.43. The van der Waals surface area contributed by atoms with E-state index in [2.05, 4.69) is 12.2 Å². The molecule has 1 aliphatic rings. The van der Waals surface area contributed by atoms with Crippen LogP contribution in [-0.4, -0.2) is 44.9 Å². The molecular formula is C19H30N2O4S. The fraction of sp³-hybridized carbons (Fsp3) is 0.632. The Balaban J connectivity index is 1.93. The Bertz CT molecular complexity index is 667. The SMILES string of the molecule is CCCCC(CC)C(=O)NCc1ccc(S(=O)(=O)N2CCOCC2)cc1. The second-order valence-corrected chi connectivity index (χ2v) is 8.56. The fourth-order valence-corrected chi connectivity index (χ4v) is 4.43. The Morgan fingerprint density at radius 2 is 1.85 bits per heavy atom. The normalized spacial score (nSPS) is 17.0. The molecule has 0 bridgehead atoms. The summed E-state index contributed by atoms with van der Waals surface area (Å²) in [4.78, 5) is 12.5. The van der Waals surface area contributed by atoms with Crippen molar-refractivity contribution in [2.45, 2.75) is 51.0 Å². The number of ether oxygens (including phenoxy) is 1. The molecule has 1 unspecified atom stereocenters. The van der Waals surface area contributed by atoms with Gasteiger partial charge in [0.1, 0.15) is 0 Å². The van der Waals surface area contributed by atoms with Crippen LogP contribution < -0.4 is 5.32 Å². The zero-order valence-corrected chi connectivity index (χ0v) is 16.6. The third-order valence-electron chi connectivity index (χ3n) is 4.77. The fourth-order valence-electron chi connectivity index (χ4n) is 3.02. The first-order valence-corrected chi connectivity index (χ1v) is 10.9. The minimum absolute atomic E-state index is 0.0518. The number of hydrogen-bond acceptors (Lipinski definition) is 4. The molecule has 6 nitrogen and oxygen atoms in total. The van der Waals surface area contributed by atoms with Crippen molar-refractivity contribution < 1.29 is 17.9 Å². The Kier molecular flexibility index (Phi) is 8.06. The minimum Gasteiger partial charge on any atom is -0.379 e. The highest BCUT2D eigenvalue weighted by molar-refractivity contribution is 7.89. The number of nitrogens with zero attached hydrogens (tertiary/aromatic N) is 1. The van der Waals surface area contributed by atoms with Gasteiger partial charge in [-0.15, -0.1) is 0 Å². The van der Waals surface area contributed by atoms with Crippen LogP contribution in [0.25, 0.3) is 0 Å². The van der Waals surface area contributed by atoms with Crippen LogP contribution in [-0.2, 0) is 26.1 Å². The molecular weight excluding hydrogens is 352 g/mol. The lowest BCUT2D eigenvalue weighted by Gasteiger charge is -2.26. The van der Waals surface area contributed by atoms with Crippen LogP contribution in [0.4, 0.5) is 0 Å². The largest absolute Gasteiger partial charge is 0.379 e. The van der Waals surface area contributed by atoms with Crippen molar-refractivity contribution in [3.63, 3.8) is 0 Å². The van der Waals surface area contributed by atoms with Gasteiger partial charge in [0.15, 0.2) is 0 Å². The summed E-state index contributed by atoms with van der Waals surface area (Å²) in [7, 11) is -3.47. The Hall–Kier alpha value is -1.44. The van der Waals surface area contributed by atoms with Crippen LogP contribution in [0.5, 0.6) is 0 Å². The van der Waals surface area contributed by atoms with Gasteiger partial charge < -0.3 is 10.1 Å². The van der Waals surface area contributed by atoms with Crippen molar-refractivity contribution in [2.24, 2.45) is 5.92 Å². The number of sulfonamides is 1. The molecule has 1 aromatic carbocycles. The Morgan fingerprint density at radius 1 is 1.19 bits per heavy atom. The number of amides is 1. The van der Waals surface area contributed by atoms with Gasteiger partial charge in [0.25, 0.3) is 0 Å². The molecule has 1 atom stereocenters. The molecule has 1 aromatic rings. The zero-order chi connectivity index (χ0) is 19.0. The van der Waals surface area contributed by atoms with Gasteiger partial charge in [-0.05, 0) is 30.5 Å². The maximum atomic E-state index is 12.6. The lowest BCUT2D eigenvalue weighted by Crippen LogP contribution is -2.40. The van der Waals surface area contributed by atoms with E-state index < -0.39 is 10.0 Å². The van der Waals surface area contributed by atoms with Gasteiger partial charge in [-0.25, -0.2) is 8.42 Å². The molecule has 1 heterocycles. The van der Waals surface area contributed by atoms with E-state index in [1.165, 1.54) is 4.31 Å². The topological polar surface area (TPSA) is 75.7 Å². The van der Waals surface area contributed by atoms with Crippen molar-refractivity contribution >= 4 is 15.9 Å². The van der Waals surface area contributed by atoms with Gasteiger partial charge in [0, 0.05) is 25.6 Å². The van der Waals surface area contributed by atoms with Crippen LogP contribution >= 0.6 is 0 Å². The summed E-state index contributed by atoms with van der Waals surface area (Å²) < 4.78 is 31.8. The number of unbranched alkanes of at least 4 members (excludes halogenated alkanes) is 1. The minimum atomic E-state index is -3.47. The molecule has 26 heavy (non-hydrogen) atoms. The van der Waals surface area contributed by atoms with Crippen molar-refractivity contribution in [3.8, 4) is 0 Å². The van der Waals surface area contributed by atoms with Crippen molar-refractivity contribution in [3.05, 3.63) is 29.8 Å². The van der Waals surface area contributed by atoms with E-state index in [1.54, 1.807) is 24.3 Å². The lowest BCUT2D eigenvalue weighted by molar-refractivity contribution is -0.125. The highest BCUT2D eigenvalue weighted by atomic mass is 32.2. The summed E-state index contributed by atoms with van der Waals surface area (Å²) in [6.07, 6.45) is 3.89. The monoisotopic (exact) mass is 382 g/mol. The molecule has 0 aromatic heterocycles. The average molecular weight is 383 g/mol. The smallest absolute Gasteiger partial charge is 0.243 e. The molecule has 1 N–H and O–H groups in total. The number of hydrogen-bond donors (Lipinski definition) is 1. The maximum Gasteiger partial charge on any atom is 0.243 e. The van der Waals surface area contributed by atoms with Crippen molar-refractivity contribution in [1.29, 1.82) is 0 Å². The average Bonchev–Trinajstić information content (AvgIpc) is 2.68. The standard InChI is InChI=1S/C19H30N2O4S/c1-3-5-6-17(4-2)19(22)20-15-16-7-9-18(10-8-16)26(23,24)21-11-13-25-14-12-21/h7-10,17H,3-6,11-15H2,1-2H3,(H,20,22). The molecule has 1 fully saturated rings. The molecule has 0 saturated carbocycles. The van der Waals surface area contributed by atoms with Gasteiger partial charge in [-0.2, -0.15) is 4.31 Å². The summed E-state index contributed by atoms with van der Waals surface area (Å²) in [6, 6.07) is 6.75. The van der Waals surface area contributed by atoms with Gasteiger partial charge in [-0.3, -0.25) is 4.79 Å². The summed E-state index contributed by atoms with van der Waals surface area (Å²) in [5.74, 6) is 0.127. The quantitative estimate of drug-likeness (QED) is 0.712. The number of benzene rings is 1. The molecule has 0 aliphatic carbocycles. The Morgan fingerprint density at radius 3 is 2.42 bits per heavy atom. The van der Waals surface area contributed by atoms with Crippen LogP contribution in [0.15, 0.2) is 29.2 Å². The Labute approximate surface area is 157 Å².